The molecule has 2 amide bonds. The van der Waals surface area contributed by atoms with Crippen LogP contribution in [0.3, 0.4) is 0 Å². The number of methoxy groups -OCH3 is 1. The van der Waals surface area contributed by atoms with Crippen LogP contribution in [0.4, 0.5) is 20.2 Å². The van der Waals surface area contributed by atoms with Crippen LogP contribution >= 0.6 is 0 Å². The Morgan fingerprint density at radius 1 is 1.03 bits per heavy atom. The second kappa shape index (κ2) is 10.0. The van der Waals surface area contributed by atoms with E-state index in [1.165, 1.54) is 0 Å². The zero-order valence-electron chi connectivity index (χ0n) is 16.7. The maximum Gasteiger partial charge on any atom is 0.313 e. The van der Waals surface area contributed by atoms with Gasteiger partial charge >= 0.3 is 11.8 Å². The van der Waals surface area contributed by atoms with Crippen molar-refractivity contribution in [3.8, 4) is 5.75 Å². The summed E-state index contributed by atoms with van der Waals surface area (Å²) < 4.78 is 31.9. The average Bonchev–Trinajstić information content (AvgIpc) is 2.76. The molecule has 160 valence electrons. The molecule has 2 N–H and O–H groups in total. The van der Waals surface area contributed by atoms with Crippen LogP contribution < -0.4 is 20.3 Å². The van der Waals surface area contributed by atoms with Gasteiger partial charge in [-0.05, 0) is 24.3 Å². The number of rotatable bonds is 6. The third-order valence-electron chi connectivity index (χ3n) is 4.90. The second-order valence-corrected chi connectivity index (χ2v) is 6.83. The number of hydrogen-bond acceptors (Lipinski definition) is 5. The molecule has 0 spiro atoms. The molecule has 0 atom stereocenters. The van der Waals surface area contributed by atoms with Crippen LogP contribution in [-0.2, 0) is 9.59 Å². The smallest absolute Gasteiger partial charge is 0.313 e. The van der Waals surface area contributed by atoms with Crippen LogP contribution in [0.2, 0.25) is 0 Å². The predicted molar refractivity (Wildman–Crippen MR) is 110 cm³/mol. The molecular weight excluding hydrogens is 394 g/mol. The summed E-state index contributed by atoms with van der Waals surface area (Å²) in [4.78, 5) is 28.2. The SMILES string of the molecule is COc1ccccc1N1CCN(CCNC(=O)C(=O)Nc2ccc(F)cc2F)CC1. The molecule has 1 saturated heterocycles. The molecule has 1 fully saturated rings. The molecule has 1 aliphatic heterocycles. The normalized spacial score (nSPS) is 14.3. The Balaban J connectivity index is 1.40. The van der Waals surface area contributed by atoms with Crippen molar-refractivity contribution >= 4 is 23.2 Å². The van der Waals surface area contributed by atoms with E-state index in [9.17, 15) is 18.4 Å². The maximum absolute atomic E-state index is 13.6. The van der Waals surface area contributed by atoms with Crippen LogP contribution in [0, 0.1) is 11.6 Å². The average molecular weight is 418 g/mol. The number of carbonyl (C=O) groups excluding carboxylic acids is 2. The lowest BCUT2D eigenvalue weighted by Crippen LogP contribution is -2.49. The van der Waals surface area contributed by atoms with Crippen LogP contribution in [-0.4, -0.2) is 63.1 Å². The van der Waals surface area contributed by atoms with Gasteiger partial charge in [0.15, 0.2) is 0 Å². The zero-order valence-corrected chi connectivity index (χ0v) is 16.7. The fourth-order valence-electron chi connectivity index (χ4n) is 3.28. The highest BCUT2D eigenvalue weighted by Gasteiger charge is 2.20. The summed E-state index contributed by atoms with van der Waals surface area (Å²) in [6.07, 6.45) is 0. The third-order valence-corrected chi connectivity index (χ3v) is 4.90. The quantitative estimate of drug-likeness (QED) is 0.701. The van der Waals surface area contributed by atoms with E-state index in [0.717, 1.165) is 49.7 Å². The molecule has 0 bridgehead atoms. The number of nitrogens with zero attached hydrogens (tertiary/aromatic N) is 2. The van der Waals surface area contributed by atoms with Gasteiger partial charge in [-0.1, -0.05) is 12.1 Å². The number of hydrogen-bond donors (Lipinski definition) is 2. The number of carbonyl (C=O) groups is 2. The number of halogens is 2. The number of ether oxygens (including phenoxy) is 1. The van der Waals surface area contributed by atoms with E-state index >= 15 is 0 Å². The first-order chi connectivity index (χ1) is 14.5. The van der Waals surface area contributed by atoms with Crippen LogP contribution in [0.15, 0.2) is 42.5 Å². The monoisotopic (exact) mass is 418 g/mol. The molecule has 2 aromatic rings. The Morgan fingerprint density at radius 2 is 1.77 bits per heavy atom. The first kappa shape index (κ1) is 21.5. The molecule has 1 heterocycles. The zero-order chi connectivity index (χ0) is 21.5. The van der Waals surface area contributed by atoms with Crippen molar-refractivity contribution in [1.29, 1.82) is 0 Å². The molecule has 30 heavy (non-hydrogen) atoms. The summed E-state index contributed by atoms with van der Waals surface area (Å²) in [5.74, 6) is -2.74. The topological polar surface area (TPSA) is 73.9 Å². The molecule has 0 saturated carbocycles. The van der Waals surface area contributed by atoms with Crippen molar-refractivity contribution in [2.75, 3.05) is 56.6 Å². The van der Waals surface area contributed by atoms with Gasteiger partial charge in [-0.3, -0.25) is 14.5 Å². The lowest BCUT2D eigenvalue weighted by Gasteiger charge is -2.36. The van der Waals surface area contributed by atoms with E-state index < -0.39 is 23.4 Å². The minimum Gasteiger partial charge on any atom is -0.495 e. The highest BCUT2D eigenvalue weighted by atomic mass is 19.1. The van der Waals surface area contributed by atoms with Crippen molar-refractivity contribution in [2.24, 2.45) is 0 Å². The Morgan fingerprint density at radius 3 is 2.47 bits per heavy atom. The minimum absolute atomic E-state index is 0.246. The van der Waals surface area contributed by atoms with Gasteiger partial charge in [0, 0.05) is 45.3 Å². The molecule has 0 unspecified atom stereocenters. The summed E-state index contributed by atoms with van der Waals surface area (Å²) in [6, 6.07) is 10.6. The molecular formula is C21H24F2N4O3. The number of piperazine rings is 1. The molecule has 1 aliphatic rings. The Kier molecular flexibility index (Phi) is 7.18. The third kappa shape index (κ3) is 5.44. The van der Waals surface area contributed by atoms with Gasteiger partial charge in [0.05, 0.1) is 18.5 Å². The molecule has 3 rings (SSSR count). The molecule has 9 heteroatoms. The summed E-state index contributed by atoms with van der Waals surface area (Å²) in [6.45, 7) is 4.12. The highest BCUT2D eigenvalue weighted by molar-refractivity contribution is 6.39. The molecule has 0 aromatic heterocycles. The second-order valence-electron chi connectivity index (χ2n) is 6.83. The Labute approximate surface area is 173 Å². The largest absolute Gasteiger partial charge is 0.495 e. The molecule has 7 nitrogen and oxygen atoms in total. The van der Waals surface area contributed by atoms with Gasteiger partial charge in [0.2, 0.25) is 0 Å². The molecule has 0 radical (unpaired) electrons. The van der Waals surface area contributed by atoms with Crippen molar-refractivity contribution in [2.45, 2.75) is 0 Å². The van der Waals surface area contributed by atoms with Gasteiger partial charge in [-0.2, -0.15) is 0 Å². The van der Waals surface area contributed by atoms with Crippen molar-refractivity contribution in [1.82, 2.24) is 10.2 Å². The molecule has 2 aromatic carbocycles. The summed E-state index contributed by atoms with van der Waals surface area (Å²) in [5, 5.41) is 4.65. The van der Waals surface area contributed by atoms with Gasteiger partial charge < -0.3 is 20.3 Å². The number of amides is 2. The summed E-state index contributed by atoms with van der Waals surface area (Å²) >= 11 is 0. The number of para-hydroxylation sites is 2. The van der Waals surface area contributed by atoms with Crippen molar-refractivity contribution in [3.63, 3.8) is 0 Å². The van der Waals surface area contributed by atoms with Gasteiger partial charge in [0.25, 0.3) is 0 Å². The van der Waals surface area contributed by atoms with Gasteiger partial charge in [-0.25, -0.2) is 8.78 Å². The van der Waals surface area contributed by atoms with E-state index in [0.29, 0.717) is 12.6 Å². The Bertz CT molecular complexity index is 902. The van der Waals surface area contributed by atoms with Gasteiger partial charge in [-0.15, -0.1) is 0 Å². The van der Waals surface area contributed by atoms with E-state index in [1.54, 1.807) is 7.11 Å². The van der Waals surface area contributed by atoms with Crippen LogP contribution in [0.5, 0.6) is 5.75 Å². The standard InChI is InChI=1S/C21H24F2N4O3/c1-30-19-5-3-2-4-18(19)27-12-10-26(11-13-27)9-8-24-20(28)21(29)25-17-7-6-15(22)14-16(17)23/h2-7,14H,8-13H2,1H3,(H,24,28)(H,25,29). The number of anilines is 2. The van der Waals surface area contributed by atoms with Crippen LogP contribution in [0.1, 0.15) is 0 Å². The predicted octanol–water partition coefficient (Wildman–Crippen LogP) is 1.85. The van der Waals surface area contributed by atoms with Crippen molar-refractivity contribution < 1.29 is 23.1 Å². The molecule has 0 aliphatic carbocycles. The van der Waals surface area contributed by atoms with E-state index in [-0.39, 0.29) is 12.2 Å². The summed E-state index contributed by atoms with van der Waals surface area (Å²) in [7, 11) is 1.65. The lowest BCUT2D eigenvalue weighted by molar-refractivity contribution is -0.136. The van der Waals surface area contributed by atoms with E-state index in [4.69, 9.17) is 4.74 Å². The fraction of sp³-hybridized carbons (Fsp3) is 0.333. The fourth-order valence-corrected chi connectivity index (χ4v) is 3.28. The first-order valence-electron chi connectivity index (χ1n) is 9.62. The number of nitrogens with one attached hydrogen (secondary N) is 2. The lowest BCUT2D eigenvalue weighted by atomic mass is 10.2. The summed E-state index contributed by atoms with van der Waals surface area (Å²) in [5.41, 5.74) is 0.807. The van der Waals surface area contributed by atoms with E-state index in [2.05, 4.69) is 20.4 Å². The highest BCUT2D eigenvalue weighted by Crippen LogP contribution is 2.28. The first-order valence-corrected chi connectivity index (χ1v) is 9.62. The minimum atomic E-state index is -0.999. The Hall–Kier alpha value is -3.20. The van der Waals surface area contributed by atoms with Gasteiger partial charge in [0.1, 0.15) is 17.4 Å². The van der Waals surface area contributed by atoms with E-state index in [1.807, 2.05) is 24.3 Å². The maximum atomic E-state index is 13.6. The van der Waals surface area contributed by atoms with Crippen LogP contribution in [0.25, 0.3) is 0 Å². The number of benzene rings is 2. The van der Waals surface area contributed by atoms with Crippen molar-refractivity contribution in [3.05, 3.63) is 54.1 Å².